The topological polar surface area (TPSA) is 99.6 Å². The van der Waals surface area contributed by atoms with E-state index < -0.39 is 0 Å². The minimum atomic E-state index is -0.344. The van der Waals surface area contributed by atoms with Gasteiger partial charge >= 0.3 is 5.97 Å². The molecule has 8 nitrogen and oxygen atoms in total. The molecule has 0 saturated heterocycles. The molecule has 3 rings (SSSR count). The zero-order valence-corrected chi connectivity index (χ0v) is 18.6. The third kappa shape index (κ3) is 6.97. The zero-order valence-electron chi connectivity index (χ0n) is 17.0. The fraction of sp³-hybridized carbons (Fsp3) is 0.238. The lowest BCUT2D eigenvalue weighted by molar-refractivity contribution is -0.141. The molecule has 10 heteroatoms. The number of aromatic nitrogens is 2. The van der Waals surface area contributed by atoms with Gasteiger partial charge in [0.2, 0.25) is 11.0 Å². The van der Waals surface area contributed by atoms with E-state index in [1.807, 2.05) is 30.3 Å². The summed E-state index contributed by atoms with van der Waals surface area (Å²) in [6.45, 7) is 0.230. The first-order chi connectivity index (χ1) is 15.1. The second-order valence-corrected chi connectivity index (χ2v) is 8.42. The zero-order chi connectivity index (χ0) is 22.1. The summed E-state index contributed by atoms with van der Waals surface area (Å²) in [6, 6.07) is 14.8. The molecule has 0 aliphatic heterocycles. The third-order valence-electron chi connectivity index (χ3n) is 4.02. The van der Waals surface area contributed by atoms with Crippen molar-refractivity contribution < 1.29 is 23.8 Å². The van der Waals surface area contributed by atoms with Gasteiger partial charge in [0, 0.05) is 0 Å². The fourth-order valence-electron chi connectivity index (χ4n) is 2.56. The largest absolute Gasteiger partial charge is 0.493 e. The maximum Gasteiger partial charge on any atom is 0.316 e. The maximum absolute atomic E-state index is 12.3. The summed E-state index contributed by atoms with van der Waals surface area (Å²) in [5.74, 6) is 0.688. The number of rotatable bonds is 10. The summed E-state index contributed by atoms with van der Waals surface area (Å²) in [7, 11) is 3.10. The van der Waals surface area contributed by atoms with Gasteiger partial charge < -0.3 is 19.5 Å². The molecule has 0 saturated carbocycles. The van der Waals surface area contributed by atoms with Gasteiger partial charge in [-0.15, -0.1) is 10.2 Å². The van der Waals surface area contributed by atoms with Gasteiger partial charge in [0.05, 0.1) is 26.4 Å². The smallest absolute Gasteiger partial charge is 0.316 e. The molecule has 0 fully saturated rings. The predicted molar refractivity (Wildman–Crippen MR) is 119 cm³/mol. The van der Waals surface area contributed by atoms with Crippen LogP contribution in [-0.4, -0.2) is 42.0 Å². The quantitative estimate of drug-likeness (QED) is 0.279. The number of thioether (sulfide) groups is 1. The van der Waals surface area contributed by atoms with Gasteiger partial charge in [-0.05, 0) is 23.3 Å². The second-order valence-electron chi connectivity index (χ2n) is 6.22. The van der Waals surface area contributed by atoms with Crippen LogP contribution in [0.15, 0.2) is 52.9 Å². The van der Waals surface area contributed by atoms with Crippen molar-refractivity contribution in [3.8, 4) is 11.5 Å². The summed E-state index contributed by atoms with van der Waals surface area (Å²) < 4.78 is 16.2. The van der Waals surface area contributed by atoms with Crippen LogP contribution >= 0.6 is 23.1 Å². The van der Waals surface area contributed by atoms with Crippen molar-refractivity contribution in [2.75, 3.05) is 25.3 Å². The van der Waals surface area contributed by atoms with Crippen LogP contribution in [0.5, 0.6) is 11.5 Å². The Balaban J connectivity index is 1.45. The molecule has 0 radical (unpaired) electrons. The van der Waals surface area contributed by atoms with Crippen LogP contribution < -0.4 is 14.8 Å². The van der Waals surface area contributed by atoms with Gasteiger partial charge in [-0.3, -0.25) is 9.59 Å². The molecular weight excluding hydrogens is 438 g/mol. The van der Waals surface area contributed by atoms with E-state index in [0.29, 0.717) is 21.0 Å². The first kappa shape index (κ1) is 22.6. The highest BCUT2D eigenvalue weighted by Crippen LogP contribution is 2.28. The third-order valence-corrected chi connectivity index (χ3v) is 5.97. The molecule has 1 N–H and O–H groups in total. The molecule has 0 unspecified atom stereocenters. The van der Waals surface area contributed by atoms with Crippen molar-refractivity contribution in [3.05, 3.63) is 59.7 Å². The summed E-state index contributed by atoms with van der Waals surface area (Å²) in [6.07, 6.45) is 0.147. The molecule has 162 valence electrons. The number of hydrogen-bond donors (Lipinski definition) is 1. The molecule has 1 amide bonds. The SMILES string of the molecule is COc1ccc(CC(=O)Nc2nnc(SCC(=O)OCc3ccccc3)s2)cc1OC. The van der Waals surface area contributed by atoms with Crippen molar-refractivity contribution in [2.45, 2.75) is 17.4 Å². The second kappa shape index (κ2) is 11.3. The summed E-state index contributed by atoms with van der Waals surface area (Å²) in [4.78, 5) is 24.2. The molecule has 0 aliphatic carbocycles. The van der Waals surface area contributed by atoms with E-state index in [-0.39, 0.29) is 30.7 Å². The number of nitrogens with one attached hydrogen (secondary N) is 1. The van der Waals surface area contributed by atoms with E-state index in [0.717, 1.165) is 11.1 Å². The first-order valence-corrected chi connectivity index (χ1v) is 11.0. The van der Waals surface area contributed by atoms with Gasteiger partial charge in [-0.25, -0.2) is 0 Å². The Morgan fingerprint density at radius 3 is 2.52 bits per heavy atom. The number of nitrogens with zero attached hydrogens (tertiary/aromatic N) is 2. The number of esters is 1. The Morgan fingerprint density at radius 2 is 1.77 bits per heavy atom. The Morgan fingerprint density at radius 1 is 1.00 bits per heavy atom. The molecule has 0 bridgehead atoms. The lowest BCUT2D eigenvalue weighted by Crippen LogP contribution is -2.14. The van der Waals surface area contributed by atoms with Crippen molar-refractivity contribution >= 4 is 40.1 Å². The van der Waals surface area contributed by atoms with Crippen molar-refractivity contribution in [1.82, 2.24) is 10.2 Å². The number of amides is 1. The lowest BCUT2D eigenvalue weighted by Gasteiger charge is -2.09. The van der Waals surface area contributed by atoms with Crippen LogP contribution in [0.4, 0.5) is 5.13 Å². The number of benzene rings is 2. The molecule has 0 aliphatic rings. The Kier molecular flexibility index (Phi) is 8.25. The van der Waals surface area contributed by atoms with Gasteiger partial charge in [-0.1, -0.05) is 59.5 Å². The molecule has 31 heavy (non-hydrogen) atoms. The van der Waals surface area contributed by atoms with E-state index in [1.54, 1.807) is 32.4 Å². The standard InChI is InChI=1S/C21H21N3O5S2/c1-27-16-9-8-15(10-17(16)28-2)11-18(25)22-20-23-24-21(31-20)30-13-19(26)29-12-14-6-4-3-5-7-14/h3-10H,11-13H2,1-2H3,(H,22,23,25). The van der Waals surface area contributed by atoms with E-state index in [9.17, 15) is 9.59 Å². The maximum atomic E-state index is 12.3. The number of anilines is 1. The molecule has 2 aromatic carbocycles. The van der Waals surface area contributed by atoms with Gasteiger partial charge in [0.1, 0.15) is 6.61 Å². The van der Waals surface area contributed by atoms with Crippen molar-refractivity contribution in [1.29, 1.82) is 0 Å². The summed E-state index contributed by atoms with van der Waals surface area (Å²) >= 11 is 2.41. The van der Waals surface area contributed by atoms with Gasteiger partial charge in [-0.2, -0.15) is 0 Å². The minimum Gasteiger partial charge on any atom is -0.493 e. The molecular formula is C21H21N3O5S2. The van der Waals surface area contributed by atoms with Crippen LogP contribution in [0, 0.1) is 0 Å². The molecule has 1 aromatic heterocycles. The number of carbonyl (C=O) groups excluding carboxylic acids is 2. The highest BCUT2D eigenvalue weighted by atomic mass is 32.2. The van der Waals surface area contributed by atoms with Crippen LogP contribution in [0.2, 0.25) is 0 Å². The highest BCUT2D eigenvalue weighted by Gasteiger charge is 2.13. The normalized spacial score (nSPS) is 10.4. The van der Waals surface area contributed by atoms with Gasteiger partial charge in [0.15, 0.2) is 15.8 Å². The minimum absolute atomic E-state index is 0.112. The molecule has 0 spiro atoms. The number of ether oxygens (including phenoxy) is 3. The van der Waals surface area contributed by atoms with E-state index in [2.05, 4.69) is 15.5 Å². The van der Waals surface area contributed by atoms with Gasteiger partial charge in [0.25, 0.3) is 0 Å². The average Bonchev–Trinajstić information content (AvgIpc) is 3.23. The number of methoxy groups -OCH3 is 2. The van der Waals surface area contributed by atoms with Crippen LogP contribution in [0.3, 0.4) is 0 Å². The predicted octanol–water partition coefficient (Wildman–Crippen LogP) is 3.57. The fourth-order valence-corrected chi connectivity index (χ4v) is 4.12. The summed E-state index contributed by atoms with van der Waals surface area (Å²) in [5, 5.41) is 11.0. The number of hydrogen-bond acceptors (Lipinski definition) is 9. The van der Waals surface area contributed by atoms with Crippen LogP contribution in [0.25, 0.3) is 0 Å². The molecule has 1 heterocycles. The van der Waals surface area contributed by atoms with E-state index >= 15 is 0 Å². The van der Waals surface area contributed by atoms with E-state index in [1.165, 1.54) is 23.1 Å². The molecule has 3 aromatic rings. The monoisotopic (exact) mass is 459 g/mol. The van der Waals surface area contributed by atoms with E-state index in [4.69, 9.17) is 14.2 Å². The van der Waals surface area contributed by atoms with Crippen molar-refractivity contribution in [2.24, 2.45) is 0 Å². The molecule has 0 atom stereocenters. The lowest BCUT2D eigenvalue weighted by atomic mass is 10.1. The average molecular weight is 460 g/mol. The Bertz CT molecular complexity index is 1030. The summed E-state index contributed by atoms with van der Waals surface area (Å²) in [5.41, 5.74) is 1.70. The van der Waals surface area contributed by atoms with Crippen molar-refractivity contribution in [3.63, 3.8) is 0 Å². The highest BCUT2D eigenvalue weighted by molar-refractivity contribution is 8.01. The van der Waals surface area contributed by atoms with Crippen LogP contribution in [-0.2, 0) is 27.4 Å². The first-order valence-electron chi connectivity index (χ1n) is 9.24. The Labute approximate surface area is 187 Å². The van der Waals surface area contributed by atoms with Crippen LogP contribution in [0.1, 0.15) is 11.1 Å². The Hall–Kier alpha value is -3.11. The number of carbonyl (C=O) groups is 2.